The van der Waals surface area contributed by atoms with Crippen LogP contribution in [0.4, 0.5) is 0 Å². The topological polar surface area (TPSA) is 57.3 Å². The molecule has 0 aliphatic carbocycles. The number of piperidine rings is 1. The lowest BCUT2D eigenvalue weighted by atomic mass is 10.2. The molecular weight excluding hydrogens is 154 g/mol. The molecule has 1 saturated heterocycles. The van der Waals surface area contributed by atoms with Gasteiger partial charge < -0.3 is 0 Å². The first kappa shape index (κ1) is 7.71. The van der Waals surface area contributed by atoms with Gasteiger partial charge in [0.15, 0.2) is 0 Å². The lowest BCUT2D eigenvalue weighted by Gasteiger charge is -2.16. The average molecular weight is 162 g/mol. The molecule has 4 nitrogen and oxygen atoms in total. The fourth-order valence-electron chi connectivity index (χ4n) is 0.948. The van der Waals surface area contributed by atoms with Crippen LogP contribution in [0.3, 0.4) is 0 Å². The van der Waals surface area contributed by atoms with Gasteiger partial charge in [-0.1, -0.05) is 0 Å². The van der Waals surface area contributed by atoms with Crippen LogP contribution in [0.25, 0.3) is 0 Å². The van der Waals surface area contributed by atoms with Gasteiger partial charge in [-0.15, -0.1) is 10.3 Å². The van der Waals surface area contributed by atoms with E-state index in [1.54, 1.807) is 0 Å². The summed E-state index contributed by atoms with van der Waals surface area (Å²) in [6, 6.07) is 0. The number of hydrogen-bond acceptors (Lipinski definition) is 2. The number of hydroxylamine groups is 2. The quantitative estimate of drug-likeness (QED) is 0.464. The number of rotatable bonds is 0. The Hall–Kier alpha value is -0.390. The van der Waals surface area contributed by atoms with Gasteiger partial charge in [-0.05, 0) is 12.8 Å². The van der Waals surface area contributed by atoms with Crippen LogP contribution in [0.2, 0.25) is 0 Å². The van der Waals surface area contributed by atoms with Gasteiger partial charge in [-0.2, -0.15) is 8.42 Å². The van der Waals surface area contributed by atoms with Crippen LogP contribution < -0.4 is 0 Å². The Morgan fingerprint density at radius 3 is 2.40 bits per heavy atom. The van der Waals surface area contributed by atoms with Crippen molar-refractivity contribution in [3.8, 4) is 0 Å². The molecule has 0 aromatic carbocycles. The normalized spacial score (nSPS) is 21.1. The van der Waals surface area contributed by atoms with Crippen molar-refractivity contribution in [3.05, 3.63) is 0 Å². The van der Waals surface area contributed by atoms with Crippen molar-refractivity contribution in [3.63, 3.8) is 0 Å². The number of hydrogen-bond donors (Lipinski definition) is 0. The molecule has 57 valence electrons. The van der Waals surface area contributed by atoms with Crippen molar-refractivity contribution < 1.29 is 13.6 Å². The Morgan fingerprint density at radius 2 is 2.00 bits per heavy atom. The predicted octanol–water partition coefficient (Wildman–Crippen LogP) is -0.173. The van der Waals surface area contributed by atoms with E-state index in [-0.39, 0.29) is 4.99 Å². The second kappa shape index (κ2) is 3.14. The first-order valence-electron chi connectivity index (χ1n) is 3.11. The summed E-state index contributed by atoms with van der Waals surface area (Å²) < 4.78 is 20.6. The van der Waals surface area contributed by atoms with Gasteiger partial charge in [0.1, 0.15) is 4.99 Å². The van der Waals surface area contributed by atoms with E-state index in [1.165, 1.54) is 0 Å². The van der Waals surface area contributed by atoms with Gasteiger partial charge >= 0.3 is 0 Å². The smallest absolute Gasteiger partial charge is 0.183 e. The molecule has 10 heavy (non-hydrogen) atoms. The molecule has 1 fully saturated rings. The third kappa shape index (κ3) is 1.56. The molecule has 1 rings (SSSR count). The Morgan fingerprint density at radius 1 is 1.30 bits per heavy atom. The Kier molecular flexibility index (Phi) is 2.42. The van der Waals surface area contributed by atoms with Crippen LogP contribution in [-0.2, 0) is 15.5 Å². The standard InChI is InChI=1S/C5H8NO3S/c7-6-4-2-1-3-5(6)10(8)9/h1-4H2. The third-order valence-electron chi connectivity index (χ3n) is 1.47. The monoisotopic (exact) mass is 162 g/mol. The molecule has 0 unspecified atom stereocenters. The summed E-state index contributed by atoms with van der Waals surface area (Å²) in [5.41, 5.74) is 0. The molecule has 5 heteroatoms. The fourth-order valence-corrected chi connectivity index (χ4v) is 1.52. The zero-order valence-electron chi connectivity index (χ0n) is 5.41. The SMILES string of the molecule is [O]N1CCCCC1=S(=O)=O. The van der Waals surface area contributed by atoms with Crippen LogP contribution in [0.15, 0.2) is 0 Å². The van der Waals surface area contributed by atoms with Gasteiger partial charge in [0.25, 0.3) is 0 Å². The van der Waals surface area contributed by atoms with E-state index in [0.717, 1.165) is 12.8 Å². The van der Waals surface area contributed by atoms with E-state index >= 15 is 0 Å². The molecule has 0 atom stereocenters. The maximum absolute atomic E-state index is 10.7. The summed E-state index contributed by atoms with van der Waals surface area (Å²) in [5, 5.41) is 11.3. The molecular formula is C5H8NO3S. The first-order valence-corrected chi connectivity index (χ1v) is 4.19. The maximum Gasteiger partial charge on any atom is 0.230 e. The summed E-state index contributed by atoms with van der Waals surface area (Å²) in [6.07, 6.45) is 2.01. The van der Waals surface area contributed by atoms with Crippen molar-refractivity contribution in [2.24, 2.45) is 0 Å². The Bertz CT molecular complexity index is 236. The fraction of sp³-hybridized carbons (Fsp3) is 0.800. The molecule has 1 aliphatic heterocycles. The van der Waals surface area contributed by atoms with Gasteiger partial charge in [-0.25, -0.2) is 0 Å². The first-order chi connectivity index (χ1) is 4.72. The van der Waals surface area contributed by atoms with E-state index < -0.39 is 10.3 Å². The minimum Gasteiger partial charge on any atom is -0.183 e. The van der Waals surface area contributed by atoms with E-state index in [1.807, 2.05) is 0 Å². The van der Waals surface area contributed by atoms with Gasteiger partial charge in [0, 0.05) is 13.0 Å². The van der Waals surface area contributed by atoms with E-state index in [9.17, 15) is 13.6 Å². The van der Waals surface area contributed by atoms with Crippen molar-refractivity contribution in [1.29, 1.82) is 0 Å². The van der Waals surface area contributed by atoms with Crippen LogP contribution in [0.1, 0.15) is 19.3 Å². The molecule has 0 amide bonds. The molecule has 0 spiro atoms. The van der Waals surface area contributed by atoms with Crippen LogP contribution >= 0.6 is 0 Å². The molecule has 0 bridgehead atoms. The largest absolute Gasteiger partial charge is 0.230 e. The number of nitrogens with zero attached hydrogens (tertiary/aromatic N) is 1. The zero-order chi connectivity index (χ0) is 7.56. The molecule has 0 N–H and O–H groups in total. The lowest BCUT2D eigenvalue weighted by molar-refractivity contribution is -0.0945. The second-order valence-electron chi connectivity index (χ2n) is 2.19. The van der Waals surface area contributed by atoms with Crippen LogP contribution in [0, 0.1) is 0 Å². The van der Waals surface area contributed by atoms with E-state index in [0.29, 0.717) is 18.0 Å². The van der Waals surface area contributed by atoms with Gasteiger partial charge in [0.2, 0.25) is 10.3 Å². The van der Waals surface area contributed by atoms with Crippen molar-refractivity contribution >= 4 is 15.3 Å². The summed E-state index contributed by atoms with van der Waals surface area (Å²) in [5.74, 6) is 0. The summed E-state index contributed by atoms with van der Waals surface area (Å²) in [4.78, 5) is 0.00579. The second-order valence-corrected chi connectivity index (χ2v) is 3.13. The van der Waals surface area contributed by atoms with Crippen LogP contribution in [-0.4, -0.2) is 25.0 Å². The maximum atomic E-state index is 10.7. The molecule has 0 aromatic heterocycles. The lowest BCUT2D eigenvalue weighted by Crippen LogP contribution is -2.31. The van der Waals surface area contributed by atoms with Gasteiger partial charge in [0.05, 0.1) is 0 Å². The Balaban J connectivity index is 2.86. The average Bonchev–Trinajstić information content (AvgIpc) is 1.88. The Labute approximate surface area is 60.6 Å². The highest BCUT2D eigenvalue weighted by Gasteiger charge is 2.17. The molecule has 1 aliphatic rings. The van der Waals surface area contributed by atoms with E-state index in [4.69, 9.17) is 0 Å². The third-order valence-corrected chi connectivity index (χ3v) is 2.26. The summed E-state index contributed by atoms with van der Waals surface area (Å²) in [6.45, 7) is 0.323. The van der Waals surface area contributed by atoms with Crippen molar-refractivity contribution in [2.45, 2.75) is 19.3 Å². The summed E-state index contributed by atoms with van der Waals surface area (Å²) in [7, 11) is -2.30. The molecule has 0 saturated carbocycles. The van der Waals surface area contributed by atoms with Crippen molar-refractivity contribution in [2.75, 3.05) is 6.54 Å². The molecule has 1 radical (unpaired) electrons. The molecule has 1 heterocycles. The highest BCUT2D eigenvalue weighted by Crippen LogP contribution is 2.08. The van der Waals surface area contributed by atoms with Crippen LogP contribution in [0.5, 0.6) is 0 Å². The van der Waals surface area contributed by atoms with Crippen molar-refractivity contribution in [1.82, 2.24) is 5.06 Å². The highest BCUT2D eigenvalue weighted by molar-refractivity contribution is 7.72. The highest BCUT2D eigenvalue weighted by atomic mass is 32.2. The predicted molar refractivity (Wildman–Crippen MR) is 35.2 cm³/mol. The van der Waals surface area contributed by atoms with Gasteiger partial charge in [-0.3, -0.25) is 0 Å². The minimum absolute atomic E-state index is 0.00579. The zero-order valence-corrected chi connectivity index (χ0v) is 6.23. The van der Waals surface area contributed by atoms with E-state index in [2.05, 4.69) is 0 Å². The summed E-state index contributed by atoms with van der Waals surface area (Å²) >= 11 is 0. The minimum atomic E-state index is -2.30. The molecule has 0 aromatic rings.